The zero-order valence-electron chi connectivity index (χ0n) is 10.7. The Bertz CT molecular complexity index is 696. The summed E-state index contributed by atoms with van der Waals surface area (Å²) in [5.74, 6) is -2.19. The van der Waals surface area contributed by atoms with E-state index in [1.165, 1.54) is 6.07 Å². The Hall–Kier alpha value is -1.64. The highest BCUT2D eigenvalue weighted by Gasteiger charge is 2.32. The molecule has 0 saturated carbocycles. The minimum Gasteiger partial charge on any atom is -0.481 e. The van der Waals surface area contributed by atoms with Crippen LogP contribution in [0.5, 0.6) is 0 Å². The molecule has 6 nitrogen and oxygen atoms in total. The van der Waals surface area contributed by atoms with E-state index in [9.17, 15) is 14.0 Å². The van der Waals surface area contributed by atoms with Crippen molar-refractivity contribution in [1.82, 2.24) is 5.32 Å². The van der Waals surface area contributed by atoms with E-state index in [-0.39, 0.29) is 27.2 Å². The summed E-state index contributed by atoms with van der Waals surface area (Å²) in [5.41, 5.74) is 0.157. The summed E-state index contributed by atoms with van der Waals surface area (Å²) >= 11 is 12.6. The molecule has 1 heterocycles. The number of amidine groups is 1. The molecule has 1 aromatic rings. The van der Waals surface area contributed by atoms with Crippen LogP contribution in [0.4, 0.5) is 4.39 Å². The number of benzene rings is 1. The number of hydrogen-bond acceptors (Lipinski definition) is 5. The van der Waals surface area contributed by atoms with Crippen molar-refractivity contribution in [3.8, 4) is 0 Å². The van der Waals surface area contributed by atoms with Crippen LogP contribution in [0.15, 0.2) is 22.3 Å². The van der Waals surface area contributed by atoms with Gasteiger partial charge in [-0.15, -0.1) is 5.10 Å². The summed E-state index contributed by atoms with van der Waals surface area (Å²) in [5, 5.41) is 17.9. The summed E-state index contributed by atoms with van der Waals surface area (Å²) < 4.78 is 13.3. The van der Waals surface area contributed by atoms with Gasteiger partial charge in [-0.2, -0.15) is 5.10 Å². The lowest BCUT2D eigenvalue weighted by Crippen LogP contribution is -2.26. The van der Waals surface area contributed by atoms with Crippen LogP contribution in [0.1, 0.15) is 12.0 Å². The third-order valence-electron chi connectivity index (χ3n) is 2.55. The van der Waals surface area contributed by atoms with Gasteiger partial charge in [0.2, 0.25) is 5.91 Å². The Labute approximate surface area is 138 Å². The summed E-state index contributed by atoms with van der Waals surface area (Å²) in [7, 11) is 0. The zero-order valence-corrected chi connectivity index (χ0v) is 13.0. The lowest BCUT2D eigenvalue weighted by atomic mass is 10.2. The first kappa shape index (κ1) is 16.7. The first-order valence-corrected chi connectivity index (χ1v) is 7.46. The molecule has 0 spiro atoms. The second-order valence-electron chi connectivity index (χ2n) is 4.10. The van der Waals surface area contributed by atoms with Crippen LogP contribution in [0.3, 0.4) is 0 Å². The summed E-state index contributed by atoms with van der Waals surface area (Å²) in [4.78, 5) is 22.1. The number of carbonyl (C=O) groups excluding carboxylic acids is 1. The van der Waals surface area contributed by atoms with Gasteiger partial charge < -0.3 is 10.4 Å². The van der Waals surface area contributed by atoms with Crippen molar-refractivity contribution in [1.29, 1.82) is 0 Å². The maximum Gasteiger partial charge on any atom is 0.305 e. The van der Waals surface area contributed by atoms with Gasteiger partial charge in [0.05, 0.1) is 22.7 Å². The highest BCUT2D eigenvalue weighted by Crippen LogP contribution is 2.26. The normalized spacial score (nSPS) is 19.9. The molecule has 0 aromatic heterocycles. The second-order valence-corrected chi connectivity index (χ2v) is 6.08. The first-order valence-electron chi connectivity index (χ1n) is 5.82. The molecule has 1 atom stereocenters. The second kappa shape index (κ2) is 7.08. The van der Waals surface area contributed by atoms with Crippen LogP contribution in [-0.4, -0.2) is 33.6 Å². The van der Waals surface area contributed by atoms with Crippen LogP contribution >= 0.6 is 35.0 Å². The molecular weight excluding hydrogens is 356 g/mol. The van der Waals surface area contributed by atoms with E-state index < -0.39 is 22.9 Å². The van der Waals surface area contributed by atoms with E-state index in [1.807, 2.05) is 0 Å². The van der Waals surface area contributed by atoms with Crippen molar-refractivity contribution in [2.24, 2.45) is 10.2 Å². The van der Waals surface area contributed by atoms with Crippen LogP contribution in [0.25, 0.3) is 0 Å². The third-order valence-corrected chi connectivity index (χ3v) is 4.34. The number of nitrogens with zero attached hydrogens (tertiary/aromatic N) is 2. The lowest BCUT2D eigenvalue weighted by molar-refractivity contribution is -0.138. The topological polar surface area (TPSA) is 91.1 Å². The maximum absolute atomic E-state index is 13.3. The average molecular weight is 364 g/mol. The number of rotatable bonds is 4. The summed E-state index contributed by atoms with van der Waals surface area (Å²) in [6.45, 7) is 0. The van der Waals surface area contributed by atoms with E-state index in [4.69, 9.17) is 28.3 Å². The van der Waals surface area contributed by atoms with Crippen molar-refractivity contribution in [3.05, 3.63) is 33.6 Å². The highest BCUT2D eigenvalue weighted by molar-refractivity contribution is 8.15. The molecule has 1 amide bonds. The monoisotopic (exact) mass is 363 g/mol. The fourth-order valence-corrected chi connectivity index (χ4v) is 2.93. The van der Waals surface area contributed by atoms with Crippen LogP contribution in [0.2, 0.25) is 10.0 Å². The lowest BCUT2D eigenvalue weighted by Gasteiger charge is -2.01. The minimum absolute atomic E-state index is 0.149. The summed E-state index contributed by atoms with van der Waals surface area (Å²) in [6, 6.07) is 2.45. The Morgan fingerprint density at radius 2 is 2.23 bits per heavy atom. The van der Waals surface area contributed by atoms with Crippen LogP contribution in [0, 0.1) is 5.82 Å². The van der Waals surface area contributed by atoms with Gasteiger partial charge in [0.1, 0.15) is 11.1 Å². The third kappa shape index (κ3) is 3.96. The molecule has 1 unspecified atom stereocenters. The highest BCUT2D eigenvalue weighted by atomic mass is 35.5. The van der Waals surface area contributed by atoms with Crippen LogP contribution in [-0.2, 0) is 9.59 Å². The van der Waals surface area contributed by atoms with Crippen LogP contribution < -0.4 is 5.32 Å². The van der Waals surface area contributed by atoms with Crippen molar-refractivity contribution in [3.63, 3.8) is 0 Å². The van der Waals surface area contributed by atoms with E-state index in [2.05, 4.69) is 15.5 Å². The molecule has 22 heavy (non-hydrogen) atoms. The van der Waals surface area contributed by atoms with Crippen molar-refractivity contribution in [2.45, 2.75) is 11.7 Å². The largest absolute Gasteiger partial charge is 0.481 e. The molecule has 1 aliphatic rings. The number of hydrogen-bond donors (Lipinski definition) is 2. The predicted molar refractivity (Wildman–Crippen MR) is 83.2 cm³/mol. The quantitative estimate of drug-likeness (QED) is 0.488. The fourth-order valence-electron chi connectivity index (χ4n) is 1.55. The molecule has 1 saturated heterocycles. The van der Waals surface area contributed by atoms with Gasteiger partial charge in [-0.1, -0.05) is 35.0 Å². The molecule has 10 heteroatoms. The minimum atomic E-state index is -1.09. The molecule has 1 fully saturated rings. The van der Waals surface area contributed by atoms with E-state index in [1.54, 1.807) is 0 Å². The predicted octanol–water partition coefficient (Wildman–Crippen LogP) is 2.53. The van der Waals surface area contributed by atoms with Crippen molar-refractivity contribution < 1.29 is 19.1 Å². The number of aliphatic carboxylic acids is 1. The van der Waals surface area contributed by atoms with Crippen molar-refractivity contribution >= 4 is 58.2 Å². The number of halogens is 3. The Balaban J connectivity index is 2.11. The molecule has 116 valence electrons. The molecule has 0 radical (unpaired) electrons. The molecule has 1 aliphatic heterocycles. The molecule has 0 aliphatic carbocycles. The van der Waals surface area contributed by atoms with E-state index >= 15 is 0 Å². The van der Waals surface area contributed by atoms with E-state index in [0.29, 0.717) is 0 Å². The van der Waals surface area contributed by atoms with Gasteiger partial charge >= 0.3 is 5.97 Å². The number of amides is 1. The summed E-state index contributed by atoms with van der Waals surface area (Å²) in [6.07, 6.45) is 0.832. The average Bonchev–Trinajstić information content (AvgIpc) is 2.78. The van der Waals surface area contributed by atoms with Gasteiger partial charge in [0, 0.05) is 5.56 Å². The fraction of sp³-hybridized carbons (Fsp3) is 0.167. The number of thioether (sulfide) groups is 1. The number of nitrogens with one attached hydrogen (secondary N) is 1. The number of carboxylic acids is 1. The Morgan fingerprint density at radius 3 is 2.91 bits per heavy atom. The van der Waals surface area contributed by atoms with Gasteiger partial charge in [0.25, 0.3) is 0 Å². The van der Waals surface area contributed by atoms with Gasteiger partial charge in [-0.3, -0.25) is 9.59 Å². The molecule has 2 rings (SSSR count). The Morgan fingerprint density at radius 1 is 1.50 bits per heavy atom. The zero-order chi connectivity index (χ0) is 16.3. The molecule has 1 aromatic carbocycles. The first-order chi connectivity index (χ1) is 10.4. The Kier molecular flexibility index (Phi) is 5.38. The van der Waals surface area contributed by atoms with Gasteiger partial charge in [0.15, 0.2) is 5.17 Å². The van der Waals surface area contributed by atoms with E-state index in [0.717, 1.165) is 24.0 Å². The molecule has 2 N–H and O–H groups in total. The molecule has 0 bridgehead atoms. The van der Waals surface area contributed by atoms with Gasteiger partial charge in [-0.05, 0) is 12.1 Å². The number of carboxylic acid groups (broad SMARTS) is 1. The standard InChI is InChI=1S/C12H8Cl2FN3O3S/c13-6-1-2-7(15)10(14)5(6)4-16-18-12-17-11(21)8(22-12)3-9(19)20/h1-2,4,8H,3H2,(H,19,20)(H,17,18,21). The smallest absolute Gasteiger partial charge is 0.305 e. The maximum atomic E-state index is 13.3. The number of carbonyl (C=O) groups is 2. The van der Waals surface area contributed by atoms with Gasteiger partial charge in [-0.25, -0.2) is 4.39 Å². The van der Waals surface area contributed by atoms with Crippen molar-refractivity contribution in [2.75, 3.05) is 0 Å². The molecular formula is C12H8Cl2FN3O3S. The SMILES string of the molecule is O=C(O)CC1SC(=NN=Cc2c(Cl)ccc(F)c2Cl)NC1=O.